The van der Waals surface area contributed by atoms with Gasteiger partial charge in [-0.3, -0.25) is 4.99 Å². The Labute approximate surface area is 154 Å². The molecule has 0 bridgehead atoms. The minimum atomic E-state index is -3.95. The average molecular weight is 389 g/mol. The fraction of sp³-hybridized carbons (Fsp3) is 0.118. The van der Waals surface area contributed by atoms with Gasteiger partial charge in [0.25, 0.3) is 10.0 Å². The number of benzene rings is 2. The van der Waals surface area contributed by atoms with Crippen molar-refractivity contribution in [1.29, 1.82) is 0 Å². The summed E-state index contributed by atoms with van der Waals surface area (Å²) < 4.78 is 32.8. The van der Waals surface area contributed by atoms with Crippen LogP contribution in [0.4, 0.5) is 0 Å². The highest BCUT2D eigenvalue weighted by Gasteiger charge is 2.29. The molecule has 9 nitrogen and oxygen atoms in total. The minimum Gasteiger partial charge on any atom is -0.504 e. The molecule has 0 aromatic heterocycles. The van der Waals surface area contributed by atoms with Crippen LogP contribution in [-0.2, 0) is 10.0 Å². The largest absolute Gasteiger partial charge is 0.504 e. The number of hydrogen-bond donors (Lipinski definition) is 3. The number of ether oxygens (including phenoxy) is 1. The van der Waals surface area contributed by atoms with Crippen LogP contribution in [0.2, 0.25) is 0 Å². The molecule has 2 aromatic rings. The van der Waals surface area contributed by atoms with E-state index in [2.05, 4.69) is 14.7 Å². The predicted octanol–water partition coefficient (Wildman–Crippen LogP) is 1.21. The molecule has 2 aromatic carbocycles. The van der Waals surface area contributed by atoms with Gasteiger partial charge in [0.2, 0.25) is 0 Å². The Hall–Kier alpha value is -3.40. The summed E-state index contributed by atoms with van der Waals surface area (Å²) in [7, 11) is -2.51. The standard InChI is InChI=1S/C17H15N3O6S/c1-26-14-6-10(2-5-13(14)21)8-18-9-19-16-12-4-3-11(17(22)23)7-15(12)27(24,25)20-16/h2-8,21H,9H2,1H3,(H,19,20)(H,22,23)/b18-8+. The van der Waals surface area contributed by atoms with E-state index < -0.39 is 16.0 Å². The molecule has 1 aliphatic heterocycles. The van der Waals surface area contributed by atoms with Gasteiger partial charge in [-0.15, -0.1) is 4.40 Å². The number of methoxy groups -OCH3 is 1. The van der Waals surface area contributed by atoms with Crippen LogP contribution >= 0.6 is 0 Å². The quantitative estimate of drug-likeness (QED) is 0.654. The van der Waals surface area contributed by atoms with Crippen molar-refractivity contribution in [2.45, 2.75) is 4.90 Å². The predicted molar refractivity (Wildman–Crippen MR) is 97.4 cm³/mol. The van der Waals surface area contributed by atoms with Crippen LogP contribution in [-0.4, -0.2) is 50.4 Å². The first-order valence-corrected chi connectivity index (χ1v) is 9.09. The van der Waals surface area contributed by atoms with Crippen molar-refractivity contribution < 1.29 is 28.2 Å². The van der Waals surface area contributed by atoms with E-state index in [0.717, 1.165) is 6.07 Å². The van der Waals surface area contributed by atoms with E-state index in [-0.39, 0.29) is 28.7 Å². The van der Waals surface area contributed by atoms with E-state index in [1.165, 1.54) is 31.5 Å². The molecule has 0 radical (unpaired) electrons. The average Bonchev–Trinajstić information content (AvgIpc) is 2.90. The van der Waals surface area contributed by atoms with Gasteiger partial charge in [0, 0.05) is 11.8 Å². The van der Waals surface area contributed by atoms with Crippen LogP contribution in [0, 0.1) is 0 Å². The van der Waals surface area contributed by atoms with E-state index in [1.807, 2.05) is 0 Å². The second-order valence-electron chi connectivity index (χ2n) is 5.51. The van der Waals surface area contributed by atoms with Crippen LogP contribution in [0.1, 0.15) is 21.5 Å². The van der Waals surface area contributed by atoms with Crippen LogP contribution in [0.15, 0.2) is 50.7 Å². The molecule has 0 atom stereocenters. The third kappa shape index (κ3) is 3.75. The normalized spacial score (nSPS) is 14.6. The van der Waals surface area contributed by atoms with E-state index in [9.17, 15) is 18.3 Å². The monoisotopic (exact) mass is 389 g/mol. The number of hydrogen-bond acceptors (Lipinski definition) is 7. The van der Waals surface area contributed by atoms with Crippen LogP contribution in [0.5, 0.6) is 11.5 Å². The number of aliphatic imine (C=N–C) groups is 1. The summed E-state index contributed by atoms with van der Waals surface area (Å²) in [5.41, 5.74) is 0.841. The third-order valence-corrected chi connectivity index (χ3v) is 5.07. The number of carboxylic acids is 1. The molecule has 140 valence electrons. The van der Waals surface area contributed by atoms with E-state index >= 15 is 0 Å². The Morgan fingerprint density at radius 3 is 2.78 bits per heavy atom. The lowest BCUT2D eigenvalue weighted by atomic mass is 10.1. The smallest absolute Gasteiger partial charge is 0.335 e. The molecule has 3 N–H and O–H groups in total. The minimum absolute atomic E-state index is 0.00984. The number of fused-ring (bicyclic) bond motifs is 1. The van der Waals surface area contributed by atoms with Gasteiger partial charge in [-0.05, 0) is 42.0 Å². The number of amidine groups is 1. The zero-order valence-electron chi connectivity index (χ0n) is 14.1. The van der Waals surface area contributed by atoms with Gasteiger partial charge in [-0.2, -0.15) is 8.42 Å². The molecule has 27 heavy (non-hydrogen) atoms. The number of carboxylic acid groups (broad SMARTS) is 1. The number of sulfonamides is 1. The third-order valence-electron chi connectivity index (χ3n) is 3.75. The molecule has 0 fully saturated rings. The summed E-state index contributed by atoms with van der Waals surface area (Å²) in [6, 6.07) is 8.49. The Morgan fingerprint density at radius 1 is 1.30 bits per heavy atom. The zero-order valence-corrected chi connectivity index (χ0v) is 14.9. The fourth-order valence-corrected chi connectivity index (χ4v) is 3.68. The topological polar surface area (TPSA) is 138 Å². The van der Waals surface area contributed by atoms with Gasteiger partial charge in [-0.1, -0.05) is 0 Å². The second-order valence-corrected chi connectivity index (χ2v) is 7.08. The summed E-state index contributed by atoms with van der Waals surface area (Å²) in [6.07, 6.45) is 1.52. The molecule has 1 heterocycles. The number of carbonyl (C=O) groups is 1. The van der Waals surface area contributed by atoms with Crippen molar-refractivity contribution in [3.63, 3.8) is 0 Å². The summed E-state index contributed by atoms with van der Waals surface area (Å²) in [5, 5.41) is 21.3. The number of phenols is 1. The first-order valence-electron chi connectivity index (χ1n) is 7.65. The first-order chi connectivity index (χ1) is 12.8. The van der Waals surface area contributed by atoms with Gasteiger partial charge < -0.3 is 20.3 Å². The first kappa shape index (κ1) is 18.4. The molecule has 3 rings (SSSR count). The lowest BCUT2D eigenvalue weighted by molar-refractivity contribution is 0.0696. The maximum atomic E-state index is 12.1. The Balaban J connectivity index is 1.74. The van der Waals surface area contributed by atoms with Crippen LogP contribution in [0.25, 0.3) is 0 Å². The molecule has 0 saturated carbocycles. The summed E-state index contributed by atoms with van der Waals surface area (Å²) in [6.45, 7) is 0.0394. The molecular formula is C17H15N3O6S. The molecular weight excluding hydrogens is 374 g/mol. The SMILES string of the molecule is COc1cc(/C=N/CNC2=NS(=O)(=O)c3cc(C(=O)O)ccc32)ccc1O. The highest BCUT2D eigenvalue weighted by Crippen LogP contribution is 2.27. The van der Waals surface area contributed by atoms with Crippen LogP contribution < -0.4 is 10.1 Å². The summed E-state index contributed by atoms with van der Waals surface area (Å²) in [4.78, 5) is 15.0. The molecule has 0 spiro atoms. The molecule has 0 unspecified atom stereocenters. The van der Waals surface area contributed by atoms with Crippen molar-refractivity contribution >= 4 is 28.0 Å². The summed E-state index contributed by atoms with van der Waals surface area (Å²) >= 11 is 0. The zero-order chi connectivity index (χ0) is 19.6. The number of nitrogens with one attached hydrogen (secondary N) is 1. The van der Waals surface area contributed by atoms with E-state index in [1.54, 1.807) is 12.1 Å². The number of phenolic OH excluding ortho intramolecular Hbond substituents is 1. The Bertz CT molecular complexity index is 1080. The van der Waals surface area contributed by atoms with Crippen LogP contribution in [0.3, 0.4) is 0 Å². The highest BCUT2D eigenvalue weighted by molar-refractivity contribution is 7.90. The maximum absolute atomic E-state index is 12.1. The number of aromatic carboxylic acids is 1. The van der Waals surface area contributed by atoms with Crippen molar-refractivity contribution in [1.82, 2.24) is 5.32 Å². The lowest BCUT2D eigenvalue weighted by Gasteiger charge is -2.05. The molecule has 0 aliphatic carbocycles. The van der Waals surface area contributed by atoms with Gasteiger partial charge >= 0.3 is 5.97 Å². The van der Waals surface area contributed by atoms with Gasteiger partial charge in [0.15, 0.2) is 11.5 Å². The summed E-state index contributed by atoms with van der Waals surface area (Å²) in [5.74, 6) is -0.803. The van der Waals surface area contributed by atoms with Gasteiger partial charge in [0.05, 0.1) is 12.7 Å². The molecule has 1 aliphatic rings. The number of rotatable bonds is 5. The maximum Gasteiger partial charge on any atom is 0.335 e. The highest BCUT2D eigenvalue weighted by atomic mass is 32.2. The van der Waals surface area contributed by atoms with Crippen molar-refractivity contribution in [2.75, 3.05) is 13.8 Å². The van der Waals surface area contributed by atoms with Crippen molar-refractivity contribution in [3.05, 3.63) is 53.1 Å². The fourth-order valence-electron chi connectivity index (χ4n) is 2.46. The molecule has 0 amide bonds. The van der Waals surface area contributed by atoms with Gasteiger partial charge in [0.1, 0.15) is 17.4 Å². The number of aromatic hydroxyl groups is 1. The molecule has 0 saturated heterocycles. The second kappa shape index (κ2) is 7.08. The van der Waals surface area contributed by atoms with E-state index in [0.29, 0.717) is 16.9 Å². The molecule has 10 heteroatoms. The lowest BCUT2D eigenvalue weighted by Crippen LogP contribution is -2.23. The Morgan fingerprint density at radius 2 is 2.07 bits per heavy atom. The number of nitrogens with zero attached hydrogens (tertiary/aromatic N) is 2. The van der Waals surface area contributed by atoms with E-state index in [4.69, 9.17) is 9.84 Å². The van der Waals surface area contributed by atoms with Crippen molar-refractivity contribution in [3.8, 4) is 11.5 Å². The van der Waals surface area contributed by atoms with Crippen molar-refractivity contribution in [2.24, 2.45) is 9.39 Å². The van der Waals surface area contributed by atoms with Gasteiger partial charge in [-0.25, -0.2) is 4.79 Å². The Kier molecular flexibility index (Phi) is 4.82.